The lowest BCUT2D eigenvalue weighted by Crippen LogP contribution is -2.37. The predicted molar refractivity (Wildman–Crippen MR) is 99.2 cm³/mol. The summed E-state index contributed by atoms with van der Waals surface area (Å²) >= 11 is 0. The zero-order valence-electron chi connectivity index (χ0n) is 15.2. The first kappa shape index (κ1) is 18.6. The van der Waals surface area contributed by atoms with Gasteiger partial charge in [-0.05, 0) is 42.7 Å². The van der Waals surface area contributed by atoms with Gasteiger partial charge in [0.2, 0.25) is 11.8 Å². The van der Waals surface area contributed by atoms with Gasteiger partial charge in [-0.1, -0.05) is 6.58 Å². The van der Waals surface area contributed by atoms with E-state index in [1.807, 2.05) is 0 Å². The second kappa shape index (κ2) is 7.61. The smallest absolute Gasteiger partial charge is 0.324 e. The van der Waals surface area contributed by atoms with Crippen LogP contribution < -0.4 is 10.2 Å². The van der Waals surface area contributed by atoms with Crippen LogP contribution in [-0.4, -0.2) is 66.8 Å². The van der Waals surface area contributed by atoms with Crippen LogP contribution in [0.15, 0.2) is 36.9 Å². The minimum Gasteiger partial charge on any atom is -0.338 e. The Morgan fingerprint density at radius 1 is 1.30 bits per heavy atom. The molecule has 1 atom stereocenters. The normalized spacial score (nSPS) is 19.2. The first-order chi connectivity index (χ1) is 12.9. The highest BCUT2D eigenvalue weighted by molar-refractivity contribution is 6.02. The second-order valence-corrected chi connectivity index (χ2v) is 6.72. The highest BCUT2D eigenvalue weighted by atomic mass is 16.2. The van der Waals surface area contributed by atoms with Crippen LogP contribution >= 0.6 is 0 Å². The van der Waals surface area contributed by atoms with Gasteiger partial charge in [-0.2, -0.15) is 0 Å². The molecule has 0 saturated carbocycles. The second-order valence-electron chi connectivity index (χ2n) is 6.72. The summed E-state index contributed by atoms with van der Waals surface area (Å²) in [7, 11) is 1.64. The van der Waals surface area contributed by atoms with Crippen molar-refractivity contribution in [3.05, 3.63) is 42.5 Å². The Kier molecular flexibility index (Phi) is 5.25. The van der Waals surface area contributed by atoms with Gasteiger partial charge < -0.3 is 15.1 Å². The number of benzene rings is 1. The van der Waals surface area contributed by atoms with Crippen LogP contribution in [-0.2, 0) is 9.59 Å². The number of imide groups is 1. The summed E-state index contributed by atoms with van der Waals surface area (Å²) in [6.45, 7) is 4.93. The third-order valence-corrected chi connectivity index (χ3v) is 4.96. The molecule has 2 aliphatic rings. The minimum atomic E-state index is -0.362. The van der Waals surface area contributed by atoms with E-state index in [1.54, 1.807) is 36.2 Å². The molecule has 5 amide bonds. The summed E-state index contributed by atoms with van der Waals surface area (Å²) < 4.78 is 0. The Morgan fingerprint density at radius 2 is 2.00 bits per heavy atom. The molecule has 8 nitrogen and oxygen atoms in total. The fraction of sp³-hybridized carbons (Fsp3) is 0.368. The summed E-state index contributed by atoms with van der Waals surface area (Å²) in [6.07, 6.45) is 1.98. The first-order valence-electron chi connectivity index (χ1n) is 8.78. The standard InChI is InChI=1S/C19H22N4O4/c1-3-16(24)21(2)15-6-4-14(5-7-15)18(26)22-9-8-13(11-22)12-23-17(25)10-20-19(23)27/h3-7,13H,1,8-12H2,2H3,(H,20,27). The topological polar surface area (TPSA) is 90.0 Å². The van der Waals surface area contributed by atoms with Gasteiger partial charge in [0, 0.05) is 37.9 Å². The molecule has 0 radical (unpaired) electrons. The van der Waals surface area contributed by atoms with Crippen LogP contribution in [0, 0.1) is 5.92 Å². The van der Waals surface area contributed by atoms with Crippen molar-refractivity contribution in [2.75, 3.05) is 38.1 Å². The van der Waals surface area contributed by atoms with Gasteiger partial charge >= 0.3 is 6.03 Å². The Morgan fingerprint density at radius 3 is 2.59 bits per heavy atom. The van der Waals surface area contributed by atoms with Gasteiger partial charge in [0.15, 0.2) is 0 Å². The van der Waals surface area contributed by atoms with Crippen molar-refractivity contribution in [3.8, 4) is 0 Å². The first-order valence-corrected chi connectivity index (χ1v) is 8.78. The molecule has 0 aliphatic carbocycles. The number of anilines is 1. The zero-order chi connectivity index (χ0) is 19.6. The van der Waals surface area contributed by atoms with E-state index in [4.69, 9.17) is 0 Å². The lowest BCUT2D eigenvalue weighted by molar-refractivity contribution is -0.125. The fourth-order valence-corrected chi connectivity index (χ4v) is 3.34. The number of urea groups is 1. The van der Waals surface area contributed by atoms with Crippen molar-refractivity contribution in [2.45, 2.75) is 6.42 Å². The van der Waals surface area contributed by atoms with E-state index in [0.29, 0.717) is 30.9 Å². The van der Waals surface area contributed by atoms with Gasteiger partial charge in [-0.15, -0.1) is 0 Å². The Hall–Kier alpha value is -3.16. The maximum absolute atomic E-state index is 12.7. The number of nitrogens with zero attached hydrogens (tertiary/aromatic N) is 3. The number of hydrogen-bond donors (Lipinski definition) is 1. The van der Waals surface area contributed by atoms with E-state index in [0.717, 1.165) is 6.42 Å². The number of rotatable bonds is 5. The number of likely N-dealkylation sites (N-methyl/N-ethyl adjacent to an activating group) is 1. The Labute approximate surface area is 157 Å². The largest absolute Gasteiger partial charge is 0.338 e. The summed E-state index contributed by atoms with van der Waals surface area (Å²) in [5.41, 5.74) is 1.21. The summed E-state index contributed by atoms with van der Waals surface area (Å²) in [5, 5.41) is 2.50. The summed E-state index contributed by atoms with van der Waals surface area (Å²) in [4.78, 5) is 52.1. The number of amides is 5. The molecular formula is C19H22N4O4. The molecule has 1 N–H and O–H groups in total. The zero-order valence-corrected chi connectivity index (χ0v) is 15.2. The van der Waals surface area contributed by atoms with Crippen molar-refractivity contribution in [3.63, 3.8) is 0 Å². The van der Waals surface area contributed by atoms with Crippen molar-refractivity contribution >= 4 is 29.4 Å². The average Bonchev–Trinajstić information content (AvgIpc) is 3.28. The minimum absolute atomic E-state index is 0.0450. The number of hydrogen-bond acceptors (Lipinski definition) is 4. The van der Waals surface area contributed by atoms with E-state index < -0.39 is 0 Å². The van der Waals surface area contributed by atoms with Gasteiger partial charge in [0.1, 0.15) is 0 Å². The van der Waals surface area contributed by atoms with E-state index in [1.165, 1.54) is 15.9 Å². The monoisotopic (exact) mass is 370 g/mol. The van der Waals surface area contributed by atoms with Crippen LogP contribution in [0.1, 0.15) is 16.8 Å². The van der Waals surface area contributed by atoms with E-state index in [-0.39, 0.29) is 36.2 Å². The molecule has 1 unspecified atom stereocenters. The van der Waals surface area contributed by atoms with Crippen molar-refractivity contribution in [2.24, 2.45) is 5.92 Å². The van der Waals surface area contributed by atoms with Crippen LogP contribution in [0.5, 0.6) is 0 Å². The molecule has 0 bridgehead atoms. The molecule has 0 spiro atoms. The van der Waals surface area contributed by atoms with Gasteiger partial charge in [-0.3, -0.25) is 19.3 Å². The summed E-state index contributed by atoms with van der Waals surface area (Å²) in [5.74, 6) is -0.466. The Balaban J connectivity index is 1.60. The quantitative estimate of drug-likeness (QED) is 0.615. The SMILES string of the molecule is C=CC(=O)N(C)c1ccc(C(=O)N2CCC(CN3C(=O)CNC3=O)C2)cc1. The lowest BCUT2D eigenvalue weighted by Gasteiger charge is -2.20. The maximum Gasteiger partial charge on any atom is 0.324 e. The fourth-order valence-electron chi connectivity index (χ4n) is 3.34. The van der Waals surface area contributed by atoms with Crippen LogP contribution in [0.25, 0.3) is 0 Å². The predicted octanol–water partition coefficient (Wildman–Crippen LogP) is 0.849. The Bertz CT molecular complexity index is 773. The summed E-state index contributed by atoms with van der Waals surface area (Å²) in [6, 6.07) is 6.45. The third-order valence-electron chi connectivity index (χ3n) is 4.96. The number of nitrogens with one attached hydrogen (secondary N) is 1. The highest BCUT2D eigenvalue weighted by Gasteiger charge is 2.34. The van der Waals surface area contributed by atoms with E-state index in [2.05, 4.69) is 11.9 Å². The van der Waals surface area contributed by atoms with Crippen LogP contribution in [0.3, 0.4) is 0 Å². The molecular weight excluding hydrogens is 348 g/mol. The molecule has 2 fully saturated rings. The third kappa shape index (κ3) is 3.84. The molecule has 3 rings (SSSR count). The molecule has 8 heteroatoms. The molecule has 142 valence electrons. The van der Waals surface area contributed by atoms with Crippen molar-refractivity contribution in [1.29, 1.82) is 0 Å². The highest BCUT2D eigenvalue weighted by Crippen LogP contribution is 2.22. The van der Waals surface area contributed by atoms with E-state index >= 15 is 0 Å². The average molecular weight is 370 g/mol. The van der Waals surface area contributed by atoms with Crippen molar-refractivity contribution < 1.29 is 19.2 Å². The number of carbonyl (C=O) groups is 4. The molecule has 2 heterocycles. The molecule has 0 aromatic heterocycles. The number of carbonyl (C=O) groups excluding carboxylic acids is 4. The molecule has 27 heavy (non-hydrogen) atoms. The van der Waals surface area contributed by atoms with Gasteiger partial charge in [-0.25, -0.2) is 4.79 Å². The van der Waals surface area contributed by atoms with Crippen LogP contribution in [0.2, 0.25) is 0 Å². The maximum atomic E-state index is 12.7. The molecule has 1 aromatic carbocycles. The molecule has 1 aromatic rings. The van der Waals surface area contributed by atoms with Crippen LogP contribution in [0.4, 0.5) is 10.5 Å². The van der Waals surface area contributed by atoms with Crippen molar-refractivity contribution in [1.82, 2.24) is 15.1 Å². The molecule has 2 aliphatic heterocycles. The van der Waals surface area contributed by atoms with Gasteiger partial charge in [0.05, 0.1) is 6.54 Å². The molecule has 2 saturated heterocycles. The van der Waals surface area contributed by atoms with E-state index in [9.17, 15) is 19.2 Å². The number of likely N-dealkylation sites (tertiary alicyclic amines) is 1. The lowest BCUT2D eigenvalue weighted by atomic mass is 10.1. The van der Waals surface area contributed by atoms with Gasteiger partial charge in [0.25, 0.3) is 5.91 Å².